The number of aromatic nitrogens is 2. The highest BCUT2D eigenvalue weighted by Gasteiger charge is 2.16. The van der Waals surface area contributed by atoms with E-state index in [2.05, 4.69) is 27.1 Å². The van der Waals surface area contributed by atoms with Gasteiger partial charge in [-0.15, -0.1) is 0 Å². The Kier molecular flexibility index (Phi) is 5.68. The molecule has 0 aliphatic carbocycles. The van der Waals surface area contributed by atoms with Crippen molar-refractivity contribution in [3.05, 3.63) is 18.7 Å². The highest BCUT2D eigenvalue weighted by atomic mass is 15.0. The smallest absolute Gasteiger partial charge is 0.0945 e. The van der Waals surface area contributed by atoms with E-state index in [4.69, 9.17) is 0 Å². The zero-order valence-electron chi connectivity index (χ0n) is 11.4. The summed E-state index contributed by atoms with van der Waals surface area (Å²) in [5.74, 6) is 0. The van der Waals surface area contributed by atoms with Crippen LogP contribution < -0.4 is 10.6 Å². The van der Waals surface area contributed by atoms with Gasteiger partial charge >= 0.3 is 0 Å². The summed E-state index contributed by atoms with van der Waals surface area (Å²) in [6, 6.07) is 1.38. The largest absolute Gasteiger partial charge is 0.337 e. The normalized spacial score (nSPS) is 21.3. The number of rotatable bonds is 8. The summed E-state index contributed by atoms with van der Waals surface area (Å²) in [5, 5.41) is 7.18. The third kappa shape index (κ3) is 4.78. The van der Waals surface area contributed by atoms with E-state index < -0.39 is 0 Å². The van der Waals surface area contributed by atoms with E-state index in [9.17, 15) is 0 Å². The predicted molar refractivity (Wildman–Crippen MR) is 74.6 cm³/mol. The molecule has 2 rings (SSSR count). The van der Waals surface area contributed by atoms with Crippen molar-refractivity contribution in [2.24, 2.45) is 0 Å². The topological polar surface area (TPSA) is 41.9 Å². The number of hydrogen-bond acceptors (Lipinski definition) is 3. The van der Waals surface area contributed by atoms with Gasteiger partial charge in [0, 0.05) is 31.0 Å². The van der Waals surface area contributed by atoms with Gasteiger partial charge < -0.3 is 15.2 Å². The maximum atomic E-state index is 4.05. The molecule has 1 saturated heterocycles. The molecule has 18 heavy (non-hydrogen) atoms. The Hall–Kier alpha value is -0.870. The monoisotopic (exact) mass is 250 g/mol. The third-order valence-corrected chi connectivity index (χ3v) is 3.70. The number of hydrogen-bond donors (Lipinski definition) is 2. The van der Waals surface area contributed by atoms with Crippen LogP contribution >= 0.6 is 0 Å². The van der Waals surface area contributed by atoms with Gasteiger partial charge in [0.1, 0.15) is 0 Å². The molecule has 2 N–H and O–H groups in total. The first kappa shape index (κ1) is 13.6. The molecule has 0 saturated carbocycles. The zero-order chi connectivity index (χ0) is 12.6. The molecule has 4 heteroatoms. The van der Waals surface area contributed by atoms with Gasteiger partial charge in [0.25, 0.3) is 0 Å². The second-order valence-electron chi connectivity index (χ2n) is 5.39. The molecule has 1 aliphatic heterocycles. The molecule has 4 nitrogen and oxygen atoms in total. The van der Waals surface area contributed by atoms with Crippen LogP contribution in [0.2, 0.25) is 0 Å². The summed E-state index contributed by atoms with van der Waals surface area (Å²) >= 11 is 0. The number of nitrogens with one attached hydrogen (secondary N) is 2. The van der Waals surface area contributed by atoms with Crippen LogP contribution in [-0.4, -0.2) is 34.7 Å². The van der Waals surface area contributed by atoms with E-state index in [-0.39, 0.29) is 0 Å². The molecular weight excluding hydrogens is 224 g/mol. The Balaban J connectivity index is 1.47. The van der Waals surface area contributed by atoms with Gasteiger partial charge in [-0.2, -0.15) is 0 Å². The first-order valence-corrected chi connectivity index (χ1v) is 7.27. The van der Waals surface area contributed by atoms with Crippen LogP contribution in [0.15, 0.2) is 18.7 Å². The highest BCUT2D eigenvalue weighted by Crippen LogP contribution is 2.10. The number of nitrogens with zero attached hydrogens (tertiary/aromatic N) is 2. The molecule has 1 aliphatic rings. The lowest BCUT2D eigenvalue weighted by Crippen LogP contribution is -2.34. The molecule has 2 heterocycles. The van der Waals surface area contributed by atoms with E-state index >= 15 is 0 Å². The summed E-state index contributed by atoms with van der Waals surface area (Å²) < 4.78 is 2.14. The molecule has 2 unspecified atom stereocenters. The fourth-order valence-corrected chi connectivity index (χ4v) is 2.65. The maximum absolute atomic E-state index is 4.05. The third-order valence-electron chi connectivity index (χ3n) is 3.70. The van der Waals surface area contributed by atoms with Crippen molar-refractivity contribution in [1.29, 1.82) is 0 Å². The van der Waals surface area contributed by atoms with Crippen molar-refractivity contribution in [3.63, 3.8) is 0 Å². The molecule has 0 bridgehead atoms. The number of unbranched alkanes of at least 4 members (excludes halogenated alkanes) is 1. The first-order valence-electron chi connectivity index (χ1n) is 7.27. The average molecular weight is 250 g/mol. The second kappa shape index (κ2) is 7.54. The zero-order valence-corrected chi connectivity index (χ0v) is 11.4. The van der Waals surface area contributed by atoms with Gasteiger partial charge in [0.15, 0.2) is 0 Å². The lowest BCUT2D eigenvalue weighted by Gasteiger charge is -2.18. The minimum absolute atomic E-state index is 0.633. The fraction of sp³-hybridized carbons (Fsp3) is 0.786. The van der Waals surface area contributed by atoms with Crippen molar-refractivity contribution in [2.45, 2.75) is 57.7 Å². The quantitative estimate of drug-likeness (QED) is 0.691. The van der Waals surface area contributed by atoms with E-state index in [1.165, 1.54) is 38.6 Å². The van der Waals surface area contributed by atoms with Gasteiger partial charge in [-0.25, -0.2) is 4.98 Å². The molecule has 0 spiro atoms. The van der Waals surface area contributed by atoms with Crippen LogP contribution in [-0.2, 0) is 6.54 Å². The average Bonchev–Trinajstić information content (AvgIpc) is 3.01. The van der Waals surface area contributed by atoms with Crippen LogP contribution in [0.4, 0.5) is 0 Å². The molecule has 0 amide bonds. The van der Waals surface area contributed by atoms with Gasteiger partial charge in [0.2, 0.25) is 0 Å². The lowest BCUT2D eigenvalue weighted by molar-refractivity contribution is 0.432. The van der Waals surface area contributed by atoms with Crippen molar-refractivity contribution >= 4 is 0 Å². The summed E-state index contributed by atoms with van der Waals surface area (Å²) in [4.78, 5) is 4.05. The van der Waals surface area contributed by atoms with Crippen molar-refractivity contribution in [2.75, 3.05) is 13.1 Å². The molecule has 1 aromatic rings. The minimum atomic E-state index is 0.633. The minimum Gasteiger partial charge on any atom is -0.337 e. The summed E-state index contributed by atoms with van der Waals surface area (Å²) in [6.45, 7) is 5.72. The van der Waals surface area contributed by atoms with Crippen molar-refractivity contribution < 1.29 is 0 Å². The molecule has 2 atom stereocenters. The summed E-state index contributed by atoms with van der Waals surface area (Å²) in [6.07, 6.45) is 12.2. The van der Waals surface area contributed by atoms with Crippen LogP contribution in [0.3, 0.4) is 0 Å². The summed E-state index contributed by atoms with van der Waals surface area (Å²) in [7, 11) is 0. The molecular formula is C14H26N4. The van der Waals surface area contributed by atoms with Gasteiger partial charge in [-0.1, -0.05) is 0 Å². The van der Waals surface area contributed by atoms with E-state index in [1.54, 1.807) is 0 Å². The summed E-state index contributed by atoms with van der Waals surface area (Å²) in [5.41, 5.74) is 0. The van der Waals surface area contributed by atoms with Crippen molar-refractivity contribution in [3.8, 4) is 0 Å². The predicted octanol–water partition coefficient (Wildman–Crippen LogP) is 1.78. The van der Waals surface area contributed by atoms with Crippen LogP contribution in [0.5, 0.6) is 0 Å². The molecule has 0 radical (unpaired) electrons. The molecule has 1 fully saturated rings. The van der Waals surface area contributed by atoms with E-state index in [0.29, 0.717) is 6.04 Å². The van der Waals surface area contributed by atoms with E-state index in [0.717, 1.165) is 19.1 Å². The molecule has 102 valence electrons. The highest BCUT2D eigenvalue weighted by molar-refractivity contribution is 4.78. The Morgan fingerprint density at radius 2 is 2.44 bits per heavy atom. The lowest BCUT2D eigenvalue weighted by atomic mass is 10.1. The second-order valence-corrected chi connectivity index (χ2v) is 5.39. The van der Waals surface area contributed by atoms with Gasteiger partial charge in [-0.3, -0.25) is 0 Å². The van der Waals surface area contributed by atoms with Crippen LogP contribution in [0, 0.1) is 0 Å². The first-order chi connectivity index (χ1) is 8.84. The Morgan fingerprint density at radius 1 is 1.50 bits per heavy atom. The van der Waals surface area contributed by atoms with Gasteiger partial charge in [0.05, 0.1) is 6.33 Å². The Morgan fingerprint density at radius 3 is 3.17 bits per heavy atom. The van der Waals surface area contributed by atoms with Crippen molar-refractivity contribution in [1.82, 2.24) is 20.2 Å². The fourth-order valence-electron chi connectivity index (χ4n) is 2.65. The number of imidazole rings is 1. The van der Waals surface area contributed by atoms with Crippen LogP contribution in [0.25, 0.3) is 0 Å². The van der Waals surface area contributed by atoms with E-state index in [1.807, 2.05) is 18.7 Å². The standard InChI is InChI=1S/C14H26N4/c1-13(11-14-5-4-7-17-14)16-6-2-3-9-18-10-8-15-12-18/h8,10,12-14,16-17H,2-7,9,11H2,1H3. The Labute approximate surface area is 110 Å². The molecule has 1 aromatic heterocycles. The number of aryl methyl sites for hydroxylation is 1. The van der Waals surface area contributed by atoms with Crippen LogP contribution in [0.1, 0.15) is 39.0 Å². The SMILES string of the molecule is CC(CC1CCCN1)NCCCCn1ccnc1. The molecule has 0 aromatic carbocycles. The maximum Gasteiger partial charge on any atom is 0.0945 e. The van der Waals surface area contributed by atoms with Gasteiger partial charge in [-0.05, 0) is 52.1 Å². The Bertz CT molecular complexity index is 304.